The van der Waals surface area contributed by atoms with Crippen molar-refractivity contribution in [2.24, 2.45) is 0 Å². The number of rotatable bonds is 9. The summed E-state index contributed by atoms with van der Waals surface area (Å²) in [5.74, 6) is -1.38. The largest absolute Gasteiger partial charge is 0.507 e. The number of Topliss-reactive ketones (excluding diaryl/α,β-unsaturated/α-hetero) is 1. The van der Waals surface area contributed by atoms with Gasteiger partial charge in [-0.05, 0) is 74.2 Å². The van der Waals surface area contributed by atoms with Gasteiger partial charge in [-0.15, -0.1) is 0 Å². The van der Waals surface area contributed by atoms with Gasteiger partial charge < -0.3 is 14.6 Å². The average Bonchev–Trinajstić information content (AvgIpc) is 3.18. The van der Waals surface area contributed by atoms with Crippen molar-refractivity contribution in [3.05, 3.63) is 100 Å². The maximum absolute atomic E-state index is 13.5. The smallest absolute Gasteiger partial charge is 0.310 e. The van der Waals surface area contributed by atoms with Gasteiger partial charge in [0.15, 0.2) is 0 Å². The highest BCUT2D eigenvalue weighted by molar-refractivity contribution is 6.51. The zero-order valence-corrected chi connectivity index (χ0v) is 22.7. The lowest BCUT2D eigenvalue weighted by atomic mass is 9.93. The first-order valence-electron chi connectivity index (χ1n) is 13.1. The van der Waals surface area contributed by atoms with Crippen LogP contribution in [0, 0.1) is 13.8 Å². The van der Waals surface area contributed by atoms with E-state index in [2.05, 4.69) is 0 Å². The summed E-state index contributed by atoms with van der Waals surface area (Å²) in [4.78, 5) is 40.2. The Balaban J connectivity index is 1.79. The van der Waals surface area contributed by atoms with Crippen LogP contribution in [0.25, 0.3) is 5.76 Å². The van der Waals surface area contributed by atoms with Crippen molar-refractivity contribution in [2.75, 3.05) is 18.1 Å². The second-order valence-corrected chi connectivity index (χ2v) is 9.56. The molecule has 202 valence electrons. The van der Waals surface area contributed by atoms with Crippen LogP contribution in [-0.4, -0.2) is 36.0 Å². The van der Waals surface area contributed by atoms with E-state index in [1.54, 1.807) is 49.4 Å². The minimum absolute atomic E-state index is 0.0165. The zero-order valence-electron chi connectivity index (χ0n) is 22.7. The number of benzene rings is 3. The van der Waals surface area contributed by atoms with Gasteiger partial charge in [-0.25, -0.2) is 0 Å². The summed E-state index contributed by atoms with van der Waals surface area (Å²) in [6.07, 6.45) is 0.969. The number of anilines is 1. The molecule has 0 spiro atoms. The number of ketones is 1. The van der Waals surface area contributed by atoms with Crippen molar-refractivity contribution in [2.45, 2.75) is 46.6 Å². The van der Waals surface area contributed by atoms with E-state index in [9.17, 15) is 19.5 Å². The SMILES string of the molecule is CCCOc1ccc(/C(O)=C2/C(=O)C(=O)N(c3ccc(CC(=O)OCC)cc3)C2c2cccc(C)c2)cc1C. The topological polar surface area (TPSA) is 93.1 Å². The fourth-order valence-corrected chi connectivity index (χ4v) is 4.73. The number of ether oxygens (including phenoxy) is 2. The molecule has 7 heteroatoms. The number of hydrogen-bond donors (Lipinski definition) is 1. The van der Waals surface area contributed by atoms with Crippen LogP contribution in [0.1, 0.15) is 54.1 Å². The van der Waals surface area contributed by atoms with Gasteiger partial charge in [0.2, 0.25) is 0 Å². The monoisotopic (exact) mass is 527 g/mol. The van der Waals surface area contributed by atoms with Gasteiger partial charge in [0.05, 0.1) is 31.2 Å². The quantitative estimate of drug-likeness (QED) is 0.163. The first-order chi connectivity index (χ1) is 18.7. The lowest BCUT2D eigenvalue weighted by molar-refractivity contribution is -0.142. The second kappa shape index (κ2) is 12.0. The van der Waals surface area contributed by atoms with Crippen LogP contribution in [0.15, 0.2) is 72.3 Å². The van der Waals surface area contributed by atoms with Gasteiger partial charge in [-0.1, -0.05) is 48.9 Å². The third kappa shape index (κ3) is 5.87. The molecule has 0 saturated carbocycles. The lowest BCUT2D eigenvalue weighted by Gasteiger charge is -2.26. The third-order valence-electron chi connectivity index (χ3n) is 6.58. The maximum atomic E-state index is 13.5. The highest BCUT2D eigenvalue weighted by atomic mass is 16.5. The molecule has 4 rings (SSSR count). The molecule has 1 heterocycles. The predicted molar refractivity (Wildman–Crippen MR) is 150 cm³/mol. The van der Waals surface area contributed by atoms with Gasteiger partial charge >= 0.3 is 5.97 Å². The molecule has 1 atom stereocenters. The Morgan fingerprint density at radius 1 is 0.974 bits per heavy atom. The van der Waals surface area contributed by atoms with E-state index in [1.807, 2.05) is 45.0 Å². The van der Waals surface area contributed by atoms with E-state index >= 15 is 0 Å². The third-order valence-corrected chi connectivity index (χ3v) is 6.58. The number of esters is 1. The van der Waals surface area contributed by atoms with Crippen molar-refractivity contribution in [1.82, 2.24) is 0 Å². The second-order valence-electron chi connectivity index (χ2n) is 9.56. The minimum atomic E-state index is -0.836. The number of aryl methyl sites for hydroxylation is 2. The molecule has 39 heavy (non-hydrogen) atoms. The van der Waals surface area contributed by atoms with Crippen molar-refractivity contribution < 1.29 is 29.0 Å². The van der Waals surface area contributed by atoms with Crippen LogP contribution >= 0.6 is 0 Å². The average molecular weight is 528 g/mol. The Morgan fingerprint density at radius 2 is 1.72 bits per heavy atom. The molecular formula is C32H33NO6. The van der Waals surface area contributed by atoms with Crippen molar-refractivity contribution >= 4 is 29.1 Å². The van der Waals surface area contributed by atoms with E-state index in [1.165, 1.54) is 4.90 Å². The van der Waals surface area contributed by atoms with Gasteiger partial charge in [0, 0.05) is 11.3 Å². The Bertz CT molecular complexity index is 1420. The molecule has 0 radical (unpaired) electrons. The molecule has 1 aliphatic rings. The van der Waals surface area contributed by atoms with Crippen LogP contribution < -0.4 is 9.64 Å². The number of hydrogen-bond acceptors (Lipinski definition) is 6. The van der Waals surface area contributed by atoms with E-state index in [0.29, 0.717) is 35.8 Å². The molecule has 0 aliphatic carbocycles. The summed E-state index contributed by atoms with van der Waals surface area (Å²) in [7, 11) is 0. The van der Waals surface area contributed by atoms with E-state index < -0.39 is 17.7 Å². The van der Waals surface area contributed by atoms with Gasteiger partial charge in [0.1, 0.15) is 11.5 Å². The molecule has 1 fully saturated rings. The Kier molecular flexibility index (Phi) is 8.49. The van der Waals surface area contributed by atoms with E-state index in [-0.39, 0.29) is 23.7 Å². The maximum Gasteiger partial charge on any atom is 0.310 e. The molecule has 1 unspecified atom stereocenters. The fourth-order valence-electron chi connectivity index (χ4n) is 4.73. The number of carbonyl (C=O) groups excluding carboxylic acids is 3. The molecule has 1 N–H and O–H groups in total. The summed E-state index contributed by atoms with van der Waals surface area (Å²) in [6.45, 7) is 8.44. The molecule has 0 bridgehead atoms. The standard InChI is InChI=1S/C32H33NO6/c1-5-16-39-26-15-12-24(18-21(26)4)30(35)28-29(23-9-7-8-20(3)17-23)33(32(37)31(28)36)25-13-10-22(11-14-25)19-27(34)38-6-2/h7-15,17-18,29,35H,5-6,16,19H2,1-4H3/b30-28-. The molecule has 1 aliphatic heterocycles. The molecule has 3 aromatic carbocycles. The van der Waals surface area contributed by atoms with Crippen LogP contribution in [-0.2, 0) is 25.5 Å². The number of aliphatic hydroxyl groups excluding tert-OH is 1. The summed E-state index contributed by atoms with van der Waals surface area (Å²) in [5, 5.41) is 11.4. The van der Waals surface area contributed by atoms with Crippen molar-refractivity contribution in [3.8, 4) is 5.75 Å². The summed E-state index contributed by atoms with van der Waals surface area (Å²) >= 11 is 0. The molecule has 3 aromatic rings. The van der Waals surface area contributed by atoms with Crippen molar-refractivity contribution in [3.63, 3.8) is 0 Å². The molecule has 0 aromatic heterocycles. The first kappa shape index (κ1) is 27.6. The van der Waals surface area contributed by atoms with Crippen molar-refractivity contribution in [1.29, 1.82) is 0 Å². The summed E-state index contributed by atoms with van der Waals surface area (Å²) < 4.78 is 10.8. The zero-order chi connectivity index (χ0) is 28.1. The highest BCUT2D eigenvalue weighted by Gasteiger charge is 2.47. The number of nitrogens with zero attached hydrogens (tertiary/aromatic N) is 1. The van der Waals surface area contributed by atoms with Gasteiger partial charge in [-0.2, -0.15) is 0 Å². The molecule has 1 amide bonds. The molecule has 7 nitrogen and oxygen atoms in total. The predicted octanol–water partition coefficient (Wildman–Crippen LogP) is 5.82. The number of carbonyl (C=O) groups is 3. The van der Waals surface area contributed by atoms with Crippen LogP contribution in [0.2, 0.25) is 0 Å². The number of amides is 1. The normalized spacial score (nSPS) is 16.4. The lowest BCUT2D eigenvalue weighted by Crippen LogP contribution is -2.29. The van der Waals surface area contributed by atoms with Gasteiger partial charge in [-0.3, -0.25) is 19.3 Å². The van der Waals surface area contributed by atoms with Crippen LogP contribution in [0.3, 0.4) is 0 Å². The van der Waals surface area contributed by atoms with Gasteiger partial charge in [0.25, 0.3) is 11.7 Å². The Hall–Kier alpha value is -4.39. The highest BCUT2D eigenvalue weighted by Crippen LogP contribution is 2.42. The van der Waals surface area contributed by atoms with E-state index in [0.717, 1.165) is 23.1 Å². The Morgan fingerprint density at radius 3 is 2.36 bits per heavy atom. The van der Waals surface area contributed by atoms with Crippen LogP contribution in [0.4, 0.5) is 5.69 Å². The summed E-state index contributed by atoms with van der Waals surface area (Å²) in [6, 6.07) is 18.8. The molecule has 1 saturated heterocycles. The Labute approximate surface area is 228 Å². The molecular weight excluding hydrogens is 494 g/mol. The van der Waals surface area contributed by atoms with Crippen LogP contribution in [0.5, 0.6) is 5.75 Å². The minimum Gasteiger partial charge on any atom is -0.507 e. The first-order valence-corrected chi connectivity index (χ1v) is 13.1. The van der Waals surface area contributed by atoms with E-state index in [4.69, 9.17) is 9.47 Å². The summed E-state index contributed by atoms with van der Waals surface area (Å²) in [5.41, 5.74) is 4.12. The fraction of sp³-hybridized carbons (Fsp3) is 0.281. The number of aliphatic hydroxyl groups is 1.